The first kappa shape index (κ1) is 27.7. The Morgan fingerprint density at radius 3 is 1.92 bits per heavy atom. The van der Waals surface area contributed by atoms with Crippen LogP contribution < -0.4 is 4.74 Å². The van der Waals surface area contributed by atoms with Crippen molar-refractivity contribution < 1.29 is 4.74 Å². The highest BCUT2D eigenvalue weighted by Gasteiger charge is 2.36. The third-order valence-electron chi connectivity index (χ3n) is 9.82. The number of fused-ring (bicyclic) bond motifs is 7. The zero-order chi connectivity index (χ0) is 32.3. The maximum absolute atomic E-state index is 6.59. The summed E-state index contributed by atoms with van der Waals surface area (Å²) in [6.07, 6.45) is 8.46. The van der Waals surface area contributed by atoms with Crippen molar-refractivity contribution in [3.8, 4) is 51.0 Å². The second-order valence-corrected chi connectivity index (χ2v) is 12.8. The Morgan fingerprint density at radius 1 is 0.429 bits per heavy atom. The maximum Gasteiger partial charge on any atom is 0.164 e. The Morgan fingerprint density at radius 2 is 1.06 bits per heavy atom. The molecule has 0 fully saturated rings. The van der Waals surface area contributed by atoms with Crippen LogP contribution in [0.1, 0.15) is 11.5 Å². The molecule has 1 aliphatic carbocycles. The van der Waals surface area contributed by atoms with Gasteiger partial charge < -0.3 is 4.74 Å². The summed E-state index contributed by atoms with van der Waals surface area (Å²) >= 11 is 0. The van der Waals surface area contributed by atoms with Crippen molar-refractivity contribution in [1.29, 1.82) is 0 Å². The van der Waals surface area contributed by atoms with Crippen molar-refractivity contribution in [2.24, 2.45) is 0 Å². The molecule has 8 aromatic rings. The zero-order valence-corrected chi connectivity index (χ0v) is 26.5. The van der Waals surface area contributed by atoms with Crippen LogP contribution in [-0.4, -0.2) is 21.1 Å². The van der Waals surface area contributed by atoms with Crippen molar-refractivity contribution >= 4 is 32.3 Å². The van der Waals surface area contributed by atoms with E-state index in [1.165, 1.54) is 21.5 Å². The van der Waals surface area contributed by atoms with Crippen molar-refractivity contribution in [3.05, 3.63) is 169 Å². The van der Waals surface area contributed by atoms with Gasteiger partial charge >= 0.3 is 0 Å². The molecular weight excluding hydrogens is 599 g/mol. The quantitative estimate of drug-likeness (QED) is 0.182. The summed E-state index contributed by atoms with van der Waals surface area (Å²) in [7, 11) is 0. The van der Waals surface area contributed by atoms with Crippen molar-refractivity contribution in [2.75, 3.05) is 0 Å². The van der Waals surface area contributed by atoms with Gasteiger partial charge in [-0.3, -0.25) is 0 Å². The second kappa shape index (κ2) is 11.1. The highest BCUT2D eigenvalue weighted by Crippen LogP contribution is 2.48. The summed E-state index contributed by atoms with van der Waals surface area (Å²) in [6.45, 7) is 0. The summed E-state index contributed by atoms with van der Waals surface area (Å²) in [5.41, 5.74) is 6.13. The van der Waals surface area contributed by atoms with E-state index in [0.29, 0.717) is 17.5 Å². The van der Waals surface area contributed by atoms with E-state index in [4.69, 9.17) is 19.7 Å². The fourth-order valence-electron chi connectivity index (χ4n) is 7.39. The number of allylic oxidation sites excluding steroid dienone is 2. The molecule has 2 unspecified atom stereocenters. The van der Waals surface area contributed by atoms with Crippen LogP contribution in [0.5, 0.6) is 5.75 Å². The van der Waals surface area contributed by atoms with E-state index < -0.39 is 0 Å². The number of hydrogen-bond donors (Lipinski definition) is 0. The van der Waals surface area contributed by atoms with Crippen molar-refractivity contribution in [2.45, 2.75) is 12.0 Å². The Kier molecular flexibility index (Phi) is 6.28. The van der Waals surface area contributed by atoms with E-state index in [-0.39, 0.29) is 12.0 Å². The standard InChI is InChI=1S/C45H29N3O/c1-2-10-28(11-3-1)35-26-39(42-38-16-8-9-17-40(38)49-41(42)27-35)45-47-43(33-21-18-29-12-4-5-14-31(29)24-33)46-44(48-45)34-22-23-37-32(25-34)20-19-30-13-6-7-15-36(30)37/h1-27,38,40H. The Balaban J connectivity index is 1.22. The van der Waals surface area contributed by atoms with Gasteiger partial charge in [0.15, 0.2) is 17.5 Å². The summed E-state index contributed by atoms with van der Waals surface area (Å²) in [6, 6.07) is 49.0. The van der Waals surface area contributed by atoms with E-state index in [1.807, 2.05) is 6.07 Å². The van der Waals surface area contributed by atoms with E-state index in [2.05, 4.69) is 158 Å². The van der Waals surface area contributed by atoms with Crippen LogP contribution in [0.2, 0.25) is 0 Å². The first-order chi connectivity index (χ1) is 24.2. The van der Waals surface area contributed by atoms with Crippen LogP contribution in [-0.2, 0) is 0 Å². The highest BCUT2D eigenvalue weighted by molar-refractivity contribution is 6.08. The SMILES string of the molecule is C1=CC2Oc3cc(-c4ccccc4)cc(-c4nc(-c5ccc6ccccc6c5)nc(-c5ccc6c(ccc7ccccc76)c5)n4)c3C2C=C1. The van der Waals surface area contributed by atoms with E-state index in [9.17, 15) is 0 Å². The van der Waals surface area contributed by atoms with Crippen LogP contribution in [0, 0.1) is 0 Å². The molecule has 4 heteroatoms. The molecule has 2 atom stereocenters. The topological polar surface area (TPSA) is 47.9 Å². The third kappa shape index (κ3) is 4.72. The number of hydrogen-bond acceptors (Lipinski definition) is 4. The molecule has 0 N–H and O–H groups in total. The third-order valence-corrected chi connectivity index (χ3v) is 9.82. The normalized spacial score (nSPS) is 16.2. The van der Waals surface area contributed by atoms with Crippen LogP contribution >= 0.6 is 0 Å². The van der Waals surface area contributed by atoms with Gasteiger partial charge in [0, 0.05) is 28.2 Å². The van der Waals surface area contributed by atoms with Gasteiger partial charge in [0.1, 0.15) is 11.9 Å². The highest BCUT2D eigenvalue weighted by atomic mass is 16.5. The monoisotopic (exact) mass is 627 g/mol. The lowest BCUT2D eigenvalue weighted by Gasteiger charge is -2.17. The van der Waals surface area contributed by atoms with E-state index >= 15 is 0 Å². The molecule has 2 heterocycles. The number of rotatable bonds is 4. The first-order valence-corrected chi connectivity index (χ1v) is 16.7. The van der Waals surface area contributed by atoms with Gasteiger partial charge in [-0.15, -0.1) is 0 Å². The molecule has 7 aromatic carbocycles. The van der Waals surface area contributed by atoms with Gasteiger partial charge in [-0.25, -0.2) is 15.0 Å². The molecule has 230 valence electrons. The molecule has 4 nitrogen and oxygen atoms in total. The minimum Gasteiger partial charge on any atom is -0.485 e. The molecular formula is C45H29N3O. The molecule has 1 aliphatic heterocycles. The average Bonchev–Trinajstić information content (AvgIpc) is 3.56. The second-order valence-electron chi connectivity index (χ2n) is 12.8. The van der Waals surface area contributed by atoms with E-state index in [0.717, 1.165) is 49.9 Å². The maximum atomic E-state index is 6.59. The van der Waals surface area contributed by atoms with Crippen molar-refractivity contribution in [3.63, 3.8) is 0 Å². The Labute approximate surface area is 283 Å². The number of benzene rings is 7. The molecule has 0 bridgehead atoms. The van der Waals surface area contributed by atoms with Crippen LogP contribution in [0.25, 0.3) is 77.6 Å². The molecule has 0 saturated carbocycles. The fraction of sp³-hybridized carbons (Fsp3) is 0.0444. The van der Waals surface area contributed by atoms with Crippen LogP contribution in [0.15, 0.2) is 164 Å². The van der Waals surface area contributed by atoms with Gasteiger partial charge in [-0.05, 0) is 73.8 Å². The summed E-state index contributed by atoms with van der Waals surface area (Å²) in [4.78, 5) is 15.7. The largest absolute Gasteiger partial charge is 0.485 e. The molecule has 0 radical (unpaired) electrons. The first-order valence-electron chi connectivity index (χ1n) is 16.7. The minimum atomic E-state index is -0.0682. The minimum absolute atomic E-state index is 0.0677. The Hall–Kier alpha value is -6.39. The smallest absolute Gasteiger partial charge is 0.164 e. The molecule has 10 rings (SSSR count). The lowest BCUT2D eigenvalue weighted by Crippen LogP contribution is -2.16. The predicted molar refractivity (Wildman–Crippen MR) is 200 cm³/mol. The fourth-order valence-corrected chi connectivity index (χ4v) is 7.39. The van der Waals surface area contributed by atoms with Gasteiger partial charge in [0.05, 0.1) is 0 Å². The number of nitrogens with zero attached hydrogens (tertiary/aromatic N) is 3. The molecule has 2 aliphatic rings. The molecule has 0 spiro atoms. The zero-order valence-electron chi connectivity index (χ0n) is 26.5. The van der Waals surface area contributed by atoms with Crippen LogP contribution in [0.4, 0.5) is 0 Å². The average molecular weight is 628 g/mol. The van der Waals surface area contributed by atoms with Crippen LogP contribution in [0.3, 0.4) is 0 Å². The lowest BCUT2D eigenvalue weighted by molar-refractivity contribution is 0.269. The van der Waals surface area contributed by atoms with Crippen molar-refractivity contribution in [1.82, 2.24) is 15.0 Å². The molecule has 0 saturated heterocycles. The summed E-state index contributed by atoms with van der Waals surface area (Å²) < 4.78 is 6.59. The molecule has 1 aromatic heterocycles. The lowest BCUT2D eigenvalue weighted by atomic mass is 9.87. The Bertz CT molecular complexity index is 2660. The van der Waals surface area contributed by atoms with Gasteiger partial charge in [-0.2, -0.15) is 0 Å². The summed E-state index contributed by atoms with van der Waals surface area (Å²) in [5.74, 6) is 2.84. The van der Waals surface area contributed by atoms with Gasteiger partial charge in [0.2, 0.25) is 0 Å². The van der Waals surface area contributed by atoms with Gasteiger partial charge in [0.25, 0.3) is 0 Å². The molecule has 0 amide bonds. The van der Waals surface area contributed by atoms with E-state index in [1.54, 1.807) is 0 Å². The summed E-state index contributed by atoms with van der Waals surface area (Å²) in [5, 5.41) is 7.13. The predicted octanol–water partition coefficient (Wildman–Crippen LogP) is 11.0. The molecule has 49 heavy (non-hydrogen) atoms. The number of aromatic nitrogens is 3. The van der Waals surface area contributed by atoms with Gasteiger partial charge in [-0.1, -0.05) is 133 Å². The number of ether oxygens (including phenoxy) is 1.